The van der Waals surface area contributed by atoms with E-state index in [4.69, 9.17) is 4.74 Å². The van der Waals surface area contributed by atoms with Gasteiger partial charge in [-0.1, -0.05) is 48.5 Å². The number of hydrogen-bond donors (Lipinski definition) is 1. The van der Waals surface area contributed by atoms with Gasteiger partial charge in [-0.25, -0.2) is 0 Å². The van der Waals surface area contributed by atoms with Gasteiger partial charge in [0.05, 0.1) is 0 Å². The van der Waals surface area contributed by atoms with E-state index >= 15 is 0 Å². The molecule has 0 saturated carbocycles. The second-order valence-corrected chi connectivity index (χ2v) is 8.34. The number of hydrogen-bond acceptors (Lipinski definition) is 5. The van der Waals surface area contributed by atoms with Crippen molar-refractivity contribution < 1.29 is 14.6 Å². The van der Waals surface area contributed by atoms with E-state index in [9.17, 15) is 9.90 Å². The molecule has 4 aromatic rings. The molecular formula is C28H24N2O3. The maximum atomic E-state index is 10.7. The molecule has 0 bridgehead atoms. The zero-order chi connectivity index (χ0) is 22.6. The van der Waals surface area contributed by atoms with Crippen molar-refractivity contribution in [1.29, 1.82) is 0 Å². The van der Waals surface area contributed by atoms with Crippen LogP contribution in [0.5, 0.6) is 11.5 Å². The van der Waals surface area contributed by atoms with Crippen molar-refractivity contribution in [3.8, 4) is 11.5 Å². The van der Waals surface area contributed by atoms with E-state index < -0.39 is 0 Å². The Labute approximate surface area is 192 Å². The molecule has 0 unspecified atom stereocenters. The zero-order valence-electron chi connectivity index (χ0n) is 18.1. The van der Waals surface area contributed by atoms with Gasteiger partial charge >= 0.3 is 0 Å². The molecule has 0 aliphatic heterocycles. The summed E-state index contributed by atoms with van der Waals surface area (Å²) >= 11 is 0. The highest BCUT2D eigenvalue weighted by Gasteiger charge is 2.32. The third kappa shape index (κ3) is 4.48. The summed E-state index contributed by atoms with van der Waals surface area (Å²) in [5.41, 5.74) is 6.00. The molecule has 1 heterocycles. The first-order valence-electron chi connectivity index (χ1n) is 11.1. The van der Waals surface area contributed by atoms with Crippen molar-refractivity contribution in [2.75, 3.05) is 0 Å². The van der Waals surface area contributed by atoms with E-state index in [-0.39, 0.29) is 12.5 Å². The molecule has 0 fully saturated rings. The second-order valence-electron chi connectivity index (χ2n) is 8.34. The molecule has 1 aliphatic rings. The predicted molar refractivity (Wildman–Crippen MR) is 126 cm³/mol. The summed E-state index contributed by atoms with van der Waals surface area (Å²) in [5.74, 6) is 1.63. The molecule has 1 aliphatic carbocycles. The summed E-state index contributed by atoms with van der Waals surface area (Å²) in [7, 11) is 0. The quantitative estimate of drug-likeness (QED) is 0.408. The Balaban J connectivity index is 1.41. The van der Waals surface area contributed by atoms with Gasteiger partial charge in [0.1, 0.15) is 29.5 Å². The van der Waals surface area contributed by atoms with Gasteiger partial charge in [-0.15, -0.1) is 5.10 Å². The number of benzene rings is 3. The van der Waals surface area contributed by atoms with Crippen LogP contribution in [0.2, 0.25) is 0 Å². The average Bonchev–Trinajstić information content (AvgIpc) is 2.88. The normalized spacial score (nSPS) is 17.2. The first kappa shape index (κ1) is 20.9. The Kier molecular flexibility index (Phi) is 5.85. The molecule has 5 heteroatoms. The number of aromatic nitrogens is 2. The molecule has 5 nitrogen and oxygen atoms in total. The highest BCUT2D eigenvalue weighted by Crippen LogP contribution is 2.47. The Hall–Kier alpha value is -3.99. The van der Waals surface area contributed by atoms with E-state index in [1.54, 1.807) is 18.2 Å². The topological polar surface area (TPSA) is 72.3 Å². The summed E-state index contributed by atoms with van der Waals surface area (Å²) in [5, 5.41) is 17.8. The Morgan fingerprint density at radius 1 is 0.909 bits per heavy atom. The fraction of sp³-hybridized carbons (Fsp3) is 0.179. The first-order valence-corrected chi connectivity index (χ1v) is 11.1. The van der Waals surface area contributed by atoms with Crippen molar-refractivity contribution >= 4 is 6.29 Å². The van der Waals surface area contributed by atoms with Gasteiger partial charge in [0, 0.05) is 5.92 Å². The number of rotatable bonds is 6. The summed E-state index contributed by atoms with van der Waals surface area (Å²) < 4.78 is 5.88. The molecular weight excluding hydrogens is 412 g/mol. The molecule has 164 valence electrons. The number of nitrogens with zero attached hydrogens (tertiary/aromatic N) is 2. The lowest BCUT2D eigenvalue weighted by molar-refractivity contribution is 0.111. The lowest BCUT2D eigenvalue weighted by atomic mass is 9.69. The van der Waals surface area contributed by atoms with Crippen LogP contribution in [0.1, 0.15) is 56.7 Å². The van der Waals surface area contributed by atoms with Crippen LogP contribution in [-0.4, -0.2) is 21.6 Å². The number of carbonyl (C=O) groups excluding carboxylic acids is 1. The van der Waals surface area contributed by atoms with Crippen molar-refractivity contribution in [3.63, 3.8) is 0 Å². The SMILES string of the molecule is O=Cc1ccc(COc2ccc([C@@H]3c4ccc(O)cc4CC[C@@H]3c3ccccc3)cc2)nn1. The minimum absolute atomic E-state index is 0.201. The van der Waals surface area contributed by atoms with Crippen molar-refractivity contribution in [2.45, 2.75) is 31.3 Å². The fourth-order valence-electron chi connectivity index (χ4n) is 4.72. The van der Waals surface area contributed by atoms with Gasteiger partial charge < -0.3 is 9.84 Å². The minimum atomic E-state index is 0.201. The van der Waals surface area contributed by atoms with Crippen LogP contribution in [0.4, 0.5) is 0 Å². The first-order chi connectivity index (χ1) is 16.2. The molecule has 33 heavy (non-hydrogen) atoms. The third-order valence-corrected chi connectivity index (χ3v) is 6.30. The maximum Gasteiger partial charge on any atom is 0.170 e. The molecule has 5 rings (SSSR count). The van der Waals surface area contributed by atoms with E-state index in [2.05, 4.69) is 58.7 Å². The van der Waals surface area contributed by atoms with Gasteiger partial charge in [0.15, 0.2) is 6.29 Å². The van der Waals surface area contributed by atoms with Crippen LogP contribution in [-0.2, 0) is 13.0 Å². The highest BCUT2D eigenvalue weighted by molar-refractivity contribution is 5.71. The Morgan fingerprint density at radius 2 is 1.73 bits per heavy atom. The van der Waals surface area contributed by atoms with E-state index in [0.29, 0.717) is 29.3 Å². The van der Waals surface area contributed by atoms with Crippen molar-refractivity contribution in [3.05, 3.63) is 119 Å². The molecule has 0 radical (unpaired) electrons. The number of ether oxygens (including phenoxy) is 1. The van der Waals surface area contributed by atoms with E-state index in [1.807, 2.05) is 18.2 Å². The van der Waals surface area contributed by atoms with Gasteiger partial charge in [0.25, 0.3) is 0 Å². The molecule has 1 N–H and O–H groups in total. The molecule has 0 saturated heterocycles. The Morgan fingerprint density at radius 3 is 2.45 bits per heavy atom. The van der Waals surface area contributed by atoms with Crippen LogP contribution in [0, 0.1) is 0 Å². The van der Waals surface area contributed by atoms with Crippen LogP contribution >= 0.6 is 0 Å². The average molecular weight is 437 g/mol. The molecule has 2 atom stereocenters. The molecule has 1 aromatic heterocycles. The molecule has 3 aromatic carbocycles. The van der Waals surface area contributed by atoms with Gasteiger partial charge in [-0.2, -0.15) is 5.10 Å². The zero-order valence-corrected chi connectivity index (χ0v) is 18.1. The number of carbonyl (C=O) groups is 1. The number of aromatic hydroxyl groups is 1. The van der Waals surface area contributed by atoms with Gasteiger partial charge in [0.2, 0.25) is 0 Å². The predicted octanol–water partition coefficient (Wildman–Crippen LogP) is 5.44. The lowest BCUT2D eigenvalue weighted by Gasteiger charge is -2.34. The summed E-state index contributed by atoms with van der Waals surface area (Å²) in [4.78, 5) is 10.7. The van der Waals surface area contributed by atoms with Gasteiger partial charge in [-0.05, 0) is 77.4 Å². The number of phenolic OH excluding ortho intramolecular Hbond substituents is 1. The highest BCUT2D eigenvalue weighted by atomic mass is 16.5. The maximum absolute atomic E-state index is 10.7. The number of fused-ring (bicyclic) bond motifs is 1. The van der Waals surface area contributed by atoms with E-state index in [0.717, 1.165) is 18.6 Å². The Bertz CT molecular complexity index is 1240. The second kappa shape index (κ2) is 9.25. The number of aryl methyl sites for hydroxylation is 1. The minimum Gasteiger partial charge on any atom is -0.508 e. The third-order valence-electron chi connectivity index (χ3n) is 6.30. The summed E-state index contributed by atoms with van der Waals surface area (Å²) in [6.07, 6.45) is 2.65. The fourth-order valence-corrected chi connectivity index (χ4v) is 4.72. The smallest absolute Gasteiger partial charge is 0.170 e. The summed E-state index contributed by atoms with van der Waals surface area (Å²) in [6.45, 7) is 0.281. The monoisotopic (exact) mass is 436 g/mol. The van der Waals surface area contributed by atoms with Crippen LogP contribution in [0.15, 0.2) is 84.9 Å². The number of phenols is 1. The van der Waals surface area contributed by atoms with Crippen molar-refractivity contribution in [2.24, 2.45) is 0 Å². The van der Waals surface area contributed by atoms with Crippen LogP contribution in [0.25, 0.3) is 0 Å². The summed E-state index contributed by atoms with van der Waals surface area (Å²) in [6, 6.07) is 28.0. The number of aldehydes is 1. The van der Waals surface area contributed by atoms with Crippen molar-refractivity contribution in [1.82, 2.24) is 10.2 Å². The van der Waals surface area contributed by atoms with Gasteiger partial charge in [-0.3, -0.25) is 4.79 Å². The molecule has 0 spiro atoms. The standard InChI is InChI=1S/C28H24N2O3/c31-17-22-9-10-23(30-29-22)18-33-25-12-6-20(7-13-25)28-26(19-4-2-1-3-5-19)14-8-21-16-24(32)11-15-27(21)28/h1-7,9-13,15-17,26,28,32H,8,14,18H2/t26-,28+/m1/s1. The van der Waals surface area contributed by atoms with Crippen LogP contribution < -0.4 is 4.74 Å². The largest absolute Gasteiger partial charge is 0.508 e. The lowest BCUT2D eigenvalue weighted by Crippen LogP contribution is -2.20. The van der Waals surface area contributed by atoms with E-state index in [1.165, 1.54) is 22.3 Å². The molecule has 0 amide bonds. The van der Waals surface area contributed by atoms with Crippen LogP contribution in [0.3, 0.4) is 0 Å².